The van der Waals surface area contributed by atoms with Crippen molar-refractivity contribution in [1.82, 2.24) is 10.6 Å². The number of ether oxygens (including phenoxy) is 1. The summed E-state index contributed by atoms with van der Waals surface area (Å²) in [5.41, 5.74) is -0.0242. The Bertz CT molecular complexity index is 1140. The molecule has 3 aromatic rings. The Balaban J connectivity index is 1.93. The van der Waals surface area contributed by atoms with Crippen molar-refractivity contribution >= 4 is 40.5 Å². The third-order valence-corrected chi connectivity index (χ3v) is 4.15. The fourth-order valence-electron chi connectivity index (χ4n) is 2.53. The summed E-state index contributed by atoms with van der Waals surface area (Å²) in [6, 6.07) is 12.7. The van der Waals surface area contributed by atoms with Gasteiger partial charge in [0.2, 0.25) is 11.9 Å². The molecule has 0 aliphatic heterocycles. The van der Waals surface area contributed by atoms with Crippen molar-refractivity contribution in [3.8, 4) is 0 Å². The lowest BCUT2D eigenvalue weighted by atomic mass is 10.1. The maximum atomic E-state index is 12.6. The maximum absolute atomic E-state index is 12.6. The van der Waals surface area contributed by atoms with Crippen LogP contribution in [0.25, 0.3) is 11.0 Å². The molecular weight excluding hydrogens is 400 g/mol. The van der Waals surface area contributed by atoms with E-state index >= 15 is 0 Å². The van der Waals surface area contributed by atoms with E-state index in [9.17, 15) is 19.2 Å². The van der Waals surface area contributed by atoms with Crippen molar-refractivity contribution in [3.05, 3.63) is 81.2 Å². The summed E-state index contributed by atoms with van der Waals surface area (Å²) >= 11 is 5.87. The number of urea groups is 1. The quantitative estimate of drug-likeness (QED) is 0.634. The zero-order chi connectivity index (χ0) is 21.0. The maximum Gasteiger partial charge on any atom is 0.375 e. The monoisotopic (exact) mass is 414 g/mol. The van der Waals surface area contributed by atoms with Gasteiger partial charge in [-0.05, 0) is 18.2 Å². The van der Waals surface area contributed by atoms with Gasteiger partial charge in [-0.15, -0.1) is 0 Å². The Morgan fingerprint density at radius 1 is 1.07 bits per heavy atom. The van der Waals surface area contributed by atoms with Crippen molar-refractivity contribution in [2.75, 3.05) is 7.05 Å². The molecule has 3 rings (SSSR count). The summed E-state index contributed by atoms with van der Waals surface area (Å²) in [6.07, 6.45) is -1.44. The van der Waals surface area contributed by atoms with Gasteiger partial charge in [-0.25, -0.2) is 9.59 Å². The van der Waals surface area contributed by atoms with E-state index in [1.165, 1.54) is 25.2 Å². The molecule has 1 aromatic heterocycles. The SMILES string of the molecule is CNC(=O)NC(=O)[C@H](OC(=O)c1cc(=O)c2cc(Cl)ccc2o1)c1ccccc1. The van der Waals surface area contributed by atoms with Crippen LogP contribution in [0.3, 0.4) is 0 Å². The van der Waals surface area contributed by atoms with Crippen molar-refractivity contribution in [2.24, 2.45) is 0 Å². The van der Waals surface area contributed by atoms with E-state index in [1.54, 1.807) is 30.3 Å². The van der Waals surface area contributed by atoms with Crippen LogP contribution in [0.5, 0.6) is 0 Å². The Morgan fingerprint density at radius 2 is 1.79 bits per heavy atom. The number of imide groups is 1. The van der Waals surface area contributed by atoms with E-state index in [0.29, 0.717) is 10.6 Å². The Labute approximate surface area is 169 Å². The second kappa shape index (κ2) is 8.57. The molecule has 0 unspecified atom stereocenters. The van der Waals surface area contributed by atoms with Gasteiger partial charge in [-0.1, -0.05) is 41.9 Å². The zero-order valence-electron chi connectivity index (χ0n) is 15.1. The molecule has 1 atom stereocenters. The average Bonchev–Trinajstić information content (AvgIpc) is 2.72. The number of esters is 1. The largest absolute Gasteiger partial charge is 0.449 e. The molecule has 2 N–H and O–H groups in total. The van der Waals surface area contributed by atoms with Crippen molar-refractivity contribution in [2.45, 2.75) is 6.10 Å². The highest BCUT2D eigenvalue weighted by Crippen LogP contribution is 2.22. The zero-order valence-corrected chi connectivity index (χ0v) is 15.9. The minimum atomic E-state index is -1.44. The van der Waals surface area contributed by atoms with Crippen molar-refractivity contribution < 1.29 is 23.5 Å². The molecule has 1 heterocycles. The number of amides is 3. The van der Waals surface area contributed by atoms with Crippen LogP contribution < -0.4 is 16.1 Å². The highest BCUT2D eigenvalue weighted by molar-refractivity contribution is 6.31. The first-order valence-electron chi connectivity index (χ1n) is 8.41. The lowest BCUT2D eigenvalue weighted by molar-refractivity contribution is -0.129. The fourth-order valence-corrected chi connectivity index (χ4v) is 2.71. The second-order valence-corrected chi connectivity index (χ2v) is 6.32. The van der Waals surface area contributed by atoms with E-state index < -0.39 is 35.2 Å². The van der Waals surface area contributed by atoms with Crippen LogP contribution in [-0.4, -0.2) is 25.0 Å². The normalized spacial score (nSPS) is 11.5. The molecule has 0 aliphatic rings. The van der Waals surface area contributed by atoms with Crippen LogP contribution >= 0.6 is 11.6 Å². The van der Waals surface area contributed by atoms with E-state index in [-0.39, 0.29) is 11.0 Å². The summed E-state index contributed by atoms with van der Waals surface area (Å²) in [7, 11) is 1.34. The van der Waals surface area contributed by atoms with Crippen molar-refractivity contribution in [1.29, 1.82) is 0 Å². The number of hydrogen-bond donors (Lipinski definition) is 2. The molecule has 29 heavy (non-hydrogen) atoms. The molecule has 0 bridgehead atoms. The minimum Gasteiger partial charge on any atom is -0.449 e. The topological polar surface area (TPSA) is 115 Å². The Kier molecular flexibility index (Phi) is 5.94. The smallest absolute Gasteiger partial charge is 0.375 e. The van der Waals surface area contributed by atoms with Gasteiger partial charge in [0.25, 0.3) is 5.91 Å². The number of fused-ring (bicyclic) bond motifs is 1. The lowest BCUT2D eigenvalue weighted by Crippen LogP contribution is -2.41. The number of benzene rings is 2. The Morgan fingerprint density at radius 3 is 2.48 bits per heavy atom. The molecule has 9 heteroatoms. The van der Waals surface area contributed by atoms with Gasteiger partial charge in [0, 0.05) is 23.7 Å². The molecule has 3 amide bonds. The summed E-state index contributed by atoms with van der Waals surface area (Å²) in [6.45, 7) is 0. The molecule has 0 saturated carbocycles. The number of carbonyl (C=O) groups is 3. The molecular formula is C20H15ClN2O6. The highest BCUT2D eigenvalue weighted by atomic mass is 35.5. The second-order valence-electron chi connectivity index (χ2n) is 5.88. The van der Waals surface area contributed by atoms with Crippen LogP contribution in [0.1, 0.15) is 22.2 Å². The molecule has 0 fully saturated rings. The van der Waals surface area contributed by atoms with Crippen molar-refractivity contribution in [3.63, 3.8) is 0 Å². The first-order chi connectivity index (χ1) is 13.9. The van der Waals surface area contributed by atoms with Crippen LogP contribution in [0.15, 0.2) is 63.8 Å². The van der Waals surface area contributed by atoms with Gasteiger partial charge in [0.05, 0.1) is 5.39 Å². The predicted molar refractivity (Wildman–Crippen MR) is 105 cm³/mol. The highest BCUT2D eigenvalue weighted by Gasteiger charge is 2.28. The molecule has 8 nitrogen and oxygen atoms in total. The summed E-state index contributed by atoms with van der Waals surface area (Å²) in [5.74, 6) is -2.29. The lowest BCUT2D eigenvalue weighted by Gasteiger charge is -2.17. The molecule has 148 valence electrons. The molecule has 0 aliphatic carbocycles. The van der Waals surface area contributed by atoms with E-state index in [2.05, 4.69) is 10.6 Å². The number of hydrogen-bond acceptors (Lipinski definition) is 6. The first kappa shape index (κ1) is 20.1. The fraction of sp³-hybridized carbons (Fsp3) is 0.100. The minimum absolute atomic E-state index is 0.139. The third kappa shape index (κ3) is 4.61. The molecule has 2 aromatic carbocycles. The van der Waals surface area contributed by atoms with Gasteiger partial charge in [-0.3, -0.25) is 14.9 Å². The Hall–Kier alpha value is -3.65. The van der Waals surface area contributed by atoms with Gasteiger partial charge in [0.1, 0.15) is 5.58 Å². The van der Waals surface area contributed by atoms with Crippen LogP contribution in [-0.2, 0) is 9.53 Å². The van der Waals surface area contributed by atoms with Crippen LogP contribution in [0, 0.1) is 0 Å². The molecule has 0 spiro atoms. The standard InChI is InChI=1S/C20H15ClN2O6/c1-22-20(27)23-18(25)17(11-5-3-2-4-6-11)29-19(26)16-10-14(24)13-9-12(21)7-8-15(13)28-16/h2-10,17H,1H3,(H2,22,23,25,27)/t17-/m1/s1. The van der Waals surface area contributed by atoms with Gasteiger partial charge >= 0.3 is 12.0 Å². The molecule has 0 radical (unpaired) electrons. The number of carbonyl (C=O) groups excluding carboxylic acids is 3. The van der Waals surface area contributed by atoms with Gasteiger partial charge in [-0.2, -0.15) is 0 Å². The van der Waals surface area contributed by atoms with Gasteiger partial charge in [0.15, 0.2) is 5.43 Å². The third-order valence-electron chi connectivity index (χ3n) is 3.92. The van der Waals surface area contributed by atoms with E-state index in [0.717, 1.165) is 6.07 Å². The first-order valence-corrected chi connectivity index (χ1v) is 8.78. The van der Waals surface area contributed by atoms with Crippen LogP contribution in [0.4, 0.5) is 4.79 Å². The number of halogens is 1. The predicted octanol–water partition coefficient (Wildman–Crippen LogP) is 2.80. The van der Waals surface area contributed by atoms with E-state index in [4.69, 9.17) is 20.8 Å². The number of rotatable bonds is 4. The summed E-state index contributed by atoms with van der Waals surface area (Å²) < 4.78 is 10.7. The summed E-state index contributed by atoms with van der Waals surface area (Å²) in [4.78, 5) is 48.8. The van der Waals surface area contributed by atoms with Crippen LogP contribution in [0.2, 0.25) is 5.02 Å². The van der Waals surface area contributed by atoms with Gasteiger partial charge < -0.3 is 14.5 Å². The van der Waals surface area contributed by atoms with E-state index in [1.807, 2.05) is 0 Å². The average molecular weight is 415 g/mol. The summed E-state index contributed by atoms with van der Waals surface area (Å²) in [5, 5.41) is 4.84. The number of nitrogens with one attached hydrogen (secondary N) is 2. The molecule has 0 saturated heterocycles.